The summed E-state index contributed by atoms with van der Waals surface area (Å²) < 4.78 is 0. The highest BCUT2D eigenvalue weighted by Crippen LogP contribution is 2.24. The van der Waals surface area contributed by atoms with Gasteiger partial charge in [0.2, 0.25) is 0 Å². The van der Waals surface area contributed by atoms with E-state index in [1.165, 1.54) is 0 Å². The van der Waals surface area contributed by atoms with Gasteiger partial charge >= 0.3 is 0 Å². The van der Waals surface area contributed by atoms with Crippen LogP contribution >= 0.6 is 0 Å². The Kier molecular flexibility index (Phi) is 4.34. The van der Waals surface area contributed by atoms with Crippen molar-refractivity contribution in [2.45, 2.75) is 6.92 Å². The van der Waals surface area contributed by atoms with Gasteiger partial charge in [-0.15, -0.1) is 0 Å². The second-order valence-electron chi connectivity index (χ2n) is 3.28. The number of rotatable bonds is 5. The molecule has 1 nitrogen and oxygen atoms in total. The third kappa shape index (κ3) is 2.31. The quantitative estimate of drug-likeness (QED) is 0.688. The molecule has 82 valence electrons. The SMILES string of the molecule is C=C/C=C\c1c(C=C)[nH]c(/C=C\C)c1C=C. The molecule has 0 aliphatic heterocycles. The van der Waals surface area contributed by atoms with Gasteiger partial charge in [-0.2, -0.15) is 0 Å². The topological polar surface area (TPSA) is 15.8 Å². The Morgan fingerprint density at radius 3 is 2.19 bits per heavy atom. The predicted molar refractivity (Wildman–Crippen MR) is 74.9 cm³/mol. The smallest absolute Gasteiger partial charge is 0.0461 e. The Bertz CT molecular complexity index is 456. The molecule has 0 aromatic carbocycles. The van der Waals surface area contributed by atoms with Gasteiger partial charge in [0.1, 0.15) is 0 Å². The van der Waals surface area contributed by atoms with Gasteiger partial charge in [-0.3, -0.25) is 0 Å². The van der Waals surface area contributed by atoms with Gasteiger partial charge in [0.15, 0.2) is 0 Å². The maximum atomic E-state index is 3.84. The summed E-state index contributed by atoms with van der Waals surface area (Å²) in [7, 11) is 0. The molecule has 1 heteroatoms. The van der Waals surface area contributed by atoms with Crippen molar-refractivity contribution in [1.82, 2.24) is 4.98 Å². The fraction of sp³-hybridized carbons (Fsp3) is 0.0667. The van der Waals surface area contributed by atoms with E-state index < -0.39 is 0 Å². The molecular weight excluding hydrogens is 194 g/mol. The van der Waals surface area contributed by atoms with Gasteiger partial charge in [-0.05, 0) is 19.1 Å². The van der Waals surface area contributed by atoms with Crippen molar-refractivity contribution in [3.63, 3.8) is 0 Å². The summed E-state index contributed by atoms with van der Waals surface area (Å²) in [6.45, 7) is 13.3. The fourth-order valence-electron chi connectivity index (χ4n) is 1.59. The van der Waals surface area contributed by atoms with Gasteiger partial charge in [-0.1, -0.05) is 50.1 Å². The van der Waals surface area contributed by atoms with Crippen LogP contribution < -0.4 is 0 Å². The van der Waals surface area contributed by atoms with Crippen molar-refractivity contribution >= 4 is 24.3 Å². The maximum absolute atomic E-state index is 3.84. The zero-order chi connectivity index (χ0) is 12.0. The summed E-state index contributed by atoms with van der Waals surface area (Å²) in [4.78, 5) is 3.30. The van der Waals surface area contributed by atoms with Gasteiger partial charge in [0.05, 0.1) is 0 Å². The summed E-state index contributed by atoms with van der Waals surface area (Å²) in [5.74, 6) is 0. The van der Waals surface area contributed by atoms with E-state index in [0.717, 1.165) is 22.5 Å². The predicted octanol–water partition coefficient (Wildman–Crippen LogP) is 4.53. The molecule has 1 rings (SSSR count). The Hall–Kier alpha value is -2.02. The third-order valence-corrected chi connectivity index (χ3v) is 2.28. The lowest BCUT2D eigenvalue weighted by Gasteiger charge is -1.94. The Labute approximate surface area is 97.2 Å². The first-order chi connectivity index (χ1) is 7.78. The van der Waals surface area contributed by atoms with Gasteiger partial charge in [0, 0.05) is 22.5 Å². The molecule has 1 N–H and O–H groups in total. The number of aromatic amines is 1. The Morgan fingerprint density at radius 2 is 1.69 bits per heavy atom. The summed E-state index contributed by atoms with van der Waals surface area (Å²) in [5, 5.41) is 0. The minimum atomic E-state index is 1.00. The van der Waals surface area contributed by atoms with Crippen LogP contribution in [0.5, 0.6) is 0 Å². The summed E-state index contributed by atoms with van der Waals surface area (Å²) in [6.07, 6.45) is 13.3. The molecular formula is C15H17N. The van der Waals surface area contributed by atoms with Crippen LogP contribution in [0.4, 0.5) is 0 Å². The second kappa shape index (κ2) is 5.76. The molecule has 0 atom stereocenters. The highest BCUT2D eigenvalue weighted by Gasteiger charge is 2.08. The molecule has 1 heterocycles. The molecule has 0 aliphatic carbocycles. The fourth-order valence-corrected chi connectivity index (χ4v) is 1.59. The van der Waals surface area contributed by atoms with Gasteiger partial charge in [0.25, 0.3) is 0 Å². The standard InChI is InChI=1S/C15H17N/c1-5-9-11-13-12(7-3)15(10-6-2)16-14(13)8-4/h5-11,16H,1,3-4H2,2H3/b10-6-,11-9-. The molecule has 0 bridgehead atoms. The first-order valence-electron chi connectivity index (χ1n) is 5.21. The van der Waals surface area contributed by atoms with Crippen molar-refractivity contribution in [2.24, 2.45) is 0 Å². The van der Waals surface area contributed by atoms with Crippen LogP contribution in [-0.4, -0.2) is 4.98 Å². The molecule has 0 aliphatic rings. The van der Waals surface area contributed by atoms with Crippen LogP contribution in [0.25, 0.3) is 24.3 Å². The largest absolute Gasteiger partial charge is 0.355 e. The monoisotopic (exact) mass is 211 g/mol. The zero-order valence-electron chi connectivity index (χ0n) is 9.66. The molecule has 1 aromatic rings. The van der Waals surface area contributed by atoms with Crippen molar-refractivity contribution in [3.8, 4) is 0 Å². The van der Waals surface area contributed by atoms with E-state index in [0.29, 0.717) is 0 Å². The molecule has 0 radical (unpaired) electrons. The summed E-state index contributed by atoms with van der Waals surface area (Å²) in [5.41, 5.74) is 4.24. The van der Waals surface area contributed by atoms with E-state index in [9.17, 15) is 0 Å². The van der Waals surface area contributed by atoms with E-state index in [1.807, 2.05) is 43.4 Å². The molecule has 0 spiro atoms. The van der Waals surface area contributed by atoms with Crippen LogP contribution in [0.3, 0.4) is 0 Å². The van der Waals surface area contributed by atoms with Crippen molar-refractivity contribution in [3.05, 3.63) is 60.5 Å². The number of hydrogen-bond donors (Lipinski definition) is 1. The van der Waals surface area contributed by atoms with Crippen LogP contribution in [0, 0.1) is 0 Å². The van der Waals surface area contributed by atoms with E-state index in [-0.39, 0.29) is 0 Å². The van der Waals surface area contributed by atoms with Crippen molar-refractivity contribution in [1.29, 1.82) is 0 Å². The van der Waals surface area contributed by atoms with Crippen LogP contribution in [0.15, 0.2) is 38.0 Å². The Balaban J connectivity index is 3.41. The highest BCUT2D eigenvalue weighted by molar-refractivity contribution is 5.78. The number of H-pyrrole nitrogens is 1. The van der Waals surface area contributed by atoms with E-state index >= 15 is 0 Å². The van der Waals surface area contributed by atoms with Crippen LogP contribution in [-0.2, 0) is 0 Å². The van der Waals surface area contributed by atoms with Gasteiger partial charge < -0.3 is 4.98 Å². The van der Waals surface area contributed by atoms with Crippen molar-refractivity contribution in [2.75, 3.05) is 0 Å². The molecule has 0 amide bonds. The normalized spacial score (nSPS) is 11.1. The van der Waals surface area contributed by atoms with E-state index in [1.54, 1.807) is 6.08 Å². The lowest BCUT2D eigenvalue weighted by molar-refractivity contribution is 1.34. The minimum Gasteiger partial charge on any atom is -0.355 e. The minimum absolute atomic E-state index is 1.00. The van der Waals surface area contributed by atoms with Crippen LogP contribution in [0.2, 0.25) is 0 Å². The van der Waals surface area contributed by atoms with Crippen LogP contribution in [0.1, 0.15) is 29.4 Å². The number of allylic oxidation sites excluding steroid dienone is 3. The highest BCUT2D eigenvalue weighted by atomic mass is 14.7. The molecule has 0 saturated heterocycles. The van der Waals surface area contributed by atoms with E-state index in [2.05, 4.69) is 24.7 Å². The average Bonchev–Trinajstić information content (AvgIpc) is 2.64. The van der Waals surface area contributed by atoms with Gasteiger partial charge in [-0.25, -0.2) is 0 Å². The Morgan fingerprint density at radius 1 is 0.938 bits per heavy atom. The molecule has 0 unspecified atom stereocenters. The van der Waals surface area contributed by atoms with Crippen molar-refractivity contribution < 1.29 is 0 Å². The second-order valence-corrected chi connectivity index (χ2v) is 3.28. The lowest BCUT2D eigenvalue weighted by atomic mass is 10.1. The summed E-state index contributed by atoms with van der Waals surface area (Å²) in [6, 6.07) is 0. The lowest BCUT2D eigenvalue weighted by Crippen LogP contribution is -1.77. The maximum Gasteiger partial charge on any atom is 0.0461 e. The first kappa shape index (κ1) is 12.1. The number of nitrogens with one attached hydrogen (secondary N) is 1. The average molecular weight is 211 g/mol. The first-order valence-corrected chi connectivity index (χ1v) is 5.21. The summed E-state index contributed by atoms with van der Waals surface area (Å²) >= 11 is 0. The van der Waals surface area contributed by atoms with E-state index in [4.69, 9.17) is 0 Å². The third-order valence-electron chi connectivity index (χ3n) is 2.28. The number of hydrogen-bond acceptors (Lipinski definition) is 0. The number of aromatic nitrogens is 1. The molecule has 0 saturated carbocycles. The molecule has 0 fully saturated rings. The molecule has 1 aromatic heterocycles. The zero-order valence-corrected chi connectivity index (χ0v) is 9.66. The molecule has 16 heavy (non-hydrogen) atoms.